The van der Waals surface area contributed by atoms with E-state index in [9.17, 15) is 4.79 Å². The number of rotatable bonds is 7. The number of benzene rings is 2. The van der Waals surface area contributed by atoms with Gasteiger partial charge < -0.3 is 14.8 Å². The van der Waals surface area contributed by atoms with Crippen LogP contribution in [-0.2, 0) is 4.79 Å². The highest BCUT2D eigenvalue weighted by Crippen LogP contribution is 2.21. The van der Waals surface area contributed by atoms with Gasteiger partial charge >= 0.3 is 0 Å². The largest absolute Gasteiger partial charge is 0.493 e. The van der Waals surface area contributed by atoms with E-state index in [2.05, 4.69) is 19.2 Å². The second-order valence-corrected chi connectivity index (χ2v) is 6.75. The molecule has 1 N–H and O–H groups in total. The van der Waals surface area contributed by atoms with Gasteiger partial charge in [0.1, 0.15) is 11.5 Å². The molecule has 0 radical (unpaired) electrons. The molecule has 0 saturated heterocycles. The molecule has 0 bridgehead atoms. The zero-order valence-corrected chi connectivity index (χ0v) is 15.6. The normalized spacial score (nSPS) is 11.9. The Kier molecular flexibility index (Phi) is 6.45. The van der Waals surface area contributed by atoms with Gasteiger partial charge in [-0.3, -0.25) is 4.79 Å². The fourth-order valence-corrected chi connectivity index (χ4v) is 2.22. The van der Waals surface area contributed by atoms with Crippen LogP contribution in [-0.4, -0.2) is 18.6 Å². The summed E-state index contributed by atoms with van der Waals surface area (Å²) in [6.07, 6.45) is -0.586. The molecule has 1 atom stereocenters. The van der Waals surface area contributed by atoms with E-state index in [0.717, 1.165) is 28.3 Å². The number of ether oxygens (including phenoxy) is 2. The monoisotopic (exact) mass is 341 g/mol. The third-order valence-electron chi connectivity index (χ3n) is 3.72. The second-order valence-electron chi connectivity index (χ2n) is 6.75. The maximum absolute atomic E-state index is 12.3. The van der Waals surface area contributed by atoms with Gasteiger partial charge in [-0.1, -0.05) is 26.0 Å². The van der Waals surface area contributed by atoms with Gasteiger partial charge in [0.25, 0.3) is 5.91 Å². The molecule has 2 aromatic carbocycles. The Morgan fingerprint density at radius 1 is 1.04 bits per heavy atom. The number of carbonyl (C=O) groups excluding carboxylic acids is 1. The molecule has 0 unspecified atom stereocenters. The summed E-state index contributed by atoms with van der Waals surface area (Å²) in [4.78, 5) is 12.3. The fourth-order valence-electron chi connectivity index (χ4n) is 2.22. The number of amides is 1. The molecule has 0 aliphatic rings. The minimum atomic E-state index is -0.586. The van der Waals surface area contributed by atoms with Gasteiger partial charge in [-0.2, -0.15) is 0 Å². The van der Waals surface area contributed by atoms with Crippen LogP contribution in [0.3, 0.4) is 0 Å². The molecule has 1 amide bonds. The predicted molar refractivity (Wildman–Crippen MR) is 101 cm³/mol. The molecular weight excluding hydrogens is 314 g/mol. The molecule has 0 heterocycles. The van der Waals surface area contributed by atoms with Crippen LogP contribution >= 0.6 is 0 Å². The molecule has 0 aliphatic carbocycles. The topological polar surface area (TPSA) is 47.6 Å². The van der Waals surface area contributed by atoms with Gasteiger partial charge in [-0.15, -0.1) is 0 Å². The van der Waals surface area contributed by atoms with Crippen molar-refractivity contribution in [3.05, 3.63) is 53.6 Å². The SMILES string of the molecule is Cc1ccc(C)c(O[C@H](C)C(=O)Nc2ccc(OCC(C)C)cc2)c1. The Morgan fingerprint density at radius 2 is 1.72 bits per heavy atom. The second kappa shape index (κ2) is 8.56. The molecule has 4 heteroatoms. The minimum Gasteiger partial charge on any atom is -0.493 e. The van der Waals surface area contributed by atoms with Crippen molar-refractivity contribution in [2.75, 3.05) is 11.9 Å². The summed E-state index contributed by atoms with van der Waals surface area (Å²) in [5.41, 5.74) is 2.83. The van der Waals surface area contributed by atoms with Gasteiger partial charge in [-0.25, -0.2) is 0 Å². The molecule has 134 valence electrons. The van der Waals surface area contributed by atoms with Crippen LogP contribution < -0.4 is 14.8 Å². The molecule has 0 aromatic heterocycles. The first-order chi connectivity index (χ1) is 11.8. The van der Waals surface area contributed by atoms with Crippen molar-refractivity contribution in [2.24, 2.45) is 5.92 Å². The molecule has 0 saturated carbocycles. The van der Waals surface area contributed by atoms with E-state index in [4.69, 9.17) is 9.47 Å². The lowest BCUT2D eigenvalue weighted by atomic mass is 10.1. The van der Waals surface area contributed by atoms with Crippen LogP contribution in [0.15, 0.2) is 42.5 Å². The summed E-state index contributed by atoms with van der Waals surface area (Å²) in [6, 6.07) is 13.3. The summed E-state index contributed by atoms with van der Waals surface area (Å²) in [5, 5.41) is 2.87. The van der Waals surface area contributed by atoms with Crippen molar-refractivity contribution in [1.82, 2.24) is 0 Å². The lowest BCUT2D eigenvalue weighted by molar-refractivity contribution is -0.122. The van der Waals surface area contributed by atoms with Crippen molar-refractivity contribution >= 4 is 11.6 Å². The van der Waals surface area contributed by atoms with E-state index < -0.39 is 6.10 Å². The van der Waals surface area contributed by atoms with Crippen molar-refractivity contribution in [3.8, 4) is 11.5 Å². The highest BCUT2D eigenvalue weighted by Gasteiger charge is 2.16. The first-order valence-corrected chi connectivity index (χ1v) is 8.63. The number of nitrogens with one attached hydrogen (secondary N) is 1. The van der Waals surface area contributed by atoms with E-state index in [1.54, 1.807) is 6.92 Å². The number of hydrogen-bond acceptors (Lipinski definition) is 3. The zero-order chi connectivity index (χ0) is 18.4. The van der Waals surface area contributed by atoms with E-state index in [0.29, 0.717) is 12.5 Å². The molecule has 0 spiro atoms. The average Bonchev–Trinajstić information content (AvgIpc) is 2.57. The van der Waals surface area contributed by atoms with Crippen molar-refractivity contribution < 1.29 is 14.3 Å². The lowest BCUT2D eigenvalue weighted by Gasteiger charge is -2.17. The quantitative estimate of drug-likeness (QED) is 0.791. The van der Waals surface area contributed by atoms with Gasteiger partial charge in [0.2, 0.25) is 0 Å². The van der Waals surface area contributed by atoms with E-state index in [-0.39, 0.29) is 5.91 Å². The number of hydrogen-bond donors (Lipinski definition) is 1. The molecule has 0 aliphatic heterocycles. The summed E-state index contributed by atoms with van der Waals surface area (Å²) in [6.45, 7) is 10.6. The van der Waals surface area contributed by atoms with Crippen LogP contribution in [0.5, 0.6) is 11.5 Å². The summed E-state index contributed by atoms with van der Waals surface area (Å²) >= 11 is 0. The Hall–Kier alpha value is -2.49. The van der Waals surface area contributed by atoms with Crippen molar-refractivity contribution in [2.45, 2.75) is 40.7 Å². The Labute approximate surface area is 150 Å². The van der Waals surface area contributed by atoms with Crippen LogP contribution in [0, 0.1) is 19.8 Å². The van der Waals surface area contributed by atoms with Crippen LogP contribution in [0.4, 0.5) is 5.69 Å². The molecule has 25 heavy (non-hydrogen) atoms. The van der Waals surface area contributed by atoms with E-state index in [1.807, 2.05) is 56.3 Å². The maximum Gasteiger partial charge on any atom is 0.265 e. The Bertz CT molecular complexity index is 708. The van der Waals surface area contributed by atoms with Crippen molar-refractivity contribution in [1.29, 1.82) is 0 Å². The van der Waals surface area contributed by atoms with Crippen molar-refractivity contribution in [3.63, 3.8) is 0 Å². The third kappa shape index (κ3) is 5.82. The fraction of sp³-hybridized carbons (Fsp3) is 0.381. The number of carbonyl (C=O) groups is 1. The highest BCUT2D eigenvalue weighted by atomic mass is 16.5. The summed E-state index contributed by atoms with van der Waals surface area (Å²) in [7, 11) is 0. The molecule has 2 aromatic rings. The van der Waals surface area contributed by atoms with Crippen LogP contribution in [0.2, 0.25) is 0 Å². The molecule has 4 nitrogen and oxygen atoms in total. The summed E-state index contributed by atoms with van der Waals surface area (Å²) in [5.74, 6) is 1.82. The lowest BCUT2D eigenvalue weighted by Crippen LogP contribution is -2.30. The van der Waals surface area contributed by atoms with Crippen LogP contribution in [0.1, 0.15) is 31.9 Å². The summed E-state index contributed by atoms with van der Waals surface area (Å²) < 4.78 is 11.5. The van der Waals surface area contributed by atoms with Gasteiger partial charge in [0.05, 0.1) is 6.61 Å². The molecule has 0 fully saturated rings. The number of aryl methyl sites for hydroxylation is 2. The van der Waals surface area contributed by atoms with Gasteiger partial charge in [0, 0.05) is 5.69 Å². The van der Waals surface area contributed by atoms with Crippen LogP contribution in [0.25, 0.3) is 0 Å². The first-order valence-electron chi connectivity index (χ1n) is 8.63. The first kappa shape index (κ1) is 18.8. The Morgan fingerprint density at radius 3 is 2.36 bits per heavy atom. The molecular formula is C21H27NO3. The van der Waals surface area contributed by atoms with E-state index >= 15 is 0 Å². The minimum absolute atomic E-state index is 0.184. The van der Waals surface area contributed by atoms with Gasteiger partial charge in [0.15, 0.2) is 6.10 Å². The highest BCUT2D eigenvalue weighted by molar-refractivity contribution is 5.94. The third-order valence-corrected chi connectivity index (χ3v) is 3.72. The van der Waals surface area contributed by atoms with Gasteiger partial charge in [-0.05, 0) is 68.1 Å². The smallest absolute Gasteiger partial charge is 0.265 e. The molecule has 2 rings (SSSR count). The zero-order valence-electron chi connectivity index (χ0n) is 15.6. The van der Waals surface area contributed by atoms with E-state index in [1.165, 1.54) is 0 Å². The maximum atomic E-state index is 12.3. The average molecular weight is 341 g/mol. The standard InChI is InChI=1S/C21H27NO3/c1-14(2)13-24-19-10-8-18(9-11-19)22-21(23)17(5)25-20-12-15(3)6-7-16(20)4/h6-12,14,17H,13H2,1-5H3,(H,22,23)/t17-/m1/s1. The Balaban J connectivity index is 1.93. The predicted octanol–water partition coefficient (Wildman–Crippen LogP) is 4.74. The number of anilines is 1.